The fourth-order valence-corrected chi connectivity index (χ4v) is 1.87. The molecular weight excluding hydrogens is 202 g/mol. The maximum atomic E-state index is 13.2. The predicted molar refractivity (Wildman–Crippen MR) is 49.6 cm³/mol. The quantitative estimate of drug-likeness (QED) is 0.817. The van der Waals surface area contributed by atoms with Crippen molar-refractivity contribution < 1.29 is 18.7 Å². The van der Waals surface area contributed by atoms with Gasteiger partial charge in [0.05, 0.1) is 5.41 Å². The Morgan fingerprint density at radius 1 is 1.40 bits per heavy atom. The van der Waals surface area contributed by atoms with Crippen LogP contribution in [0, 0.1) is 18.6 Å². The van der Waals surface area contributed by atoms with Crippen LogP contribution < -0.4 is 0 Å². The highest BCUT2D eigenvalue weighted by Gasteiger charge is 2.52. The summed E-state index contributed by atoms with van der Waals surface area (Å²) >= 11 is 0. The van der Waals surface area contributed by atoms with E-state index in [1.807, 2.05) is 0 Å². The molecule has 1 fully saturated rings. The van der Waals surface area contributed by atoms with Gasteiger partial charge in [0.25, 0.3) is 0 Å². The lowest BCUT2D eigenvalue weighted by Crippen LogP contribution is -2.21. The van der Waals surface area contributed by atoms with E-state index in [-0.39, 0.29) is 11.1 Å². The number of carbonyl (C=O) groups is 1. The Hall–Kier alpha value is -1.45. The summed E-state index contributed by atoms with van der Waals surface area (Å²) < 4.78 is 26.2. The van der Waals surface area contributed by atoms with E-state index in [9.17, 15) is 13.6 Å². The van der Waals surface area contributed by atoms with E-state index in [4.69, 9.17) is 5.11 Å². The first-order valence-corrected chi connectivity index (χ1v) is 4.67. The van der Waals surface area contributed by atoms with Gasteiger partial charge in [0, 0.05) is 6.07 Å². The number of benzene rings is 1. The van der Waals surface area contributed by atoms with Crippen LogP contribution in [0.4, 0.5) is 8.78 Å². The minimum atomic E-state index is -1.05. The van der Waals surface area contributed by atoms with Gasteiger partial charge in [0.1, 0.15) is 11.6 Å². The molecule has 1 aromatic carbocycles. The lowest BCUT2D eigenvalue weighted by Gasteiger charge is -2.13. The fourth-order valence-electron chi connectivity index (χ4n) is 1.87. The molecule has 0 bridgehead atoms. The maximum Gasteiger partial charge on any atom is 0.314 e. The molecule has 0 radical (unpaired) electrons. The monoisotopic (exact) mass is 212 g/mol. The molecule has 2 rings (SSSR count). The Bertz CT molecular complexity index is 436. The van der Waals surface area contributed by atoms with Crippen LogP contribution in [0.15, 0.2) is 12.1 Å². The summed E-state index contributed by atoms with van der Waals surface area (Å²) in [6.07, 6.45) is 0.901. The van der Waals surface area contributed by atoms with E-state index in [0.29, 0.717) is 12.8 Å². The molecule has 15 heavy (non-hydrogen) atoms. The summed E-state index contributed by atoms with van der Waals surface area (Å²) in [7, 11) is 0. The normalized spacial score (nSPS) is 17.5. The standard InChI is InChI=1S/C11H10F2O2/c1-6-8(4-7(12)5-9(6)13)11(2-3-11)10(14)15/h4-5H,2-3H2,1H3,(H,14,15). The highest BCUT2D eigenvalue weighted by atomic mass is 19.1. The van der Waals surface area contributed by atoms with Crippen LogP contribution in [0.5, 0.6) is 0 Å². The van der Waals surface area contributed by atoms with E-state index in [1.54, 1.807) is 0 Å². The lowest BCUT2D eigenvalue weighted by atomic mass is 9.91. The molecule has 0 spiro atoms. The molecule has 1 aromatic rings. The molecule has 4 heteroatoms. The fraction of sp³-hybridized carbons (Fsp3) is 0.364. The van der Waals surface area contributed by atoms with Gasteiger partial charge >= 0.3 is 5.97 Å². The van der Waals surface area contributed by atoms with Crippen LogP contribution in [-0.4, -0.2) is 11.1 Å². The van der Waals surface area contributed by atoms with E-state index in [1.165, 1.54) is 6.92 Å². The molecule has 1 N–H and O–H groups in total. The molecule has 0 amide bonds. The Morgan fingerprint density at radius 2 is 2.00 bits per heavy atom. The zero-order chi connectivity index (χ0) is 11.2. The summed E-state index contributed by atoms with van der Waals surface area (Å²) in [5.74, 6) is -2.41. The van der Waals surface area contributed by atoms with Crippen molar-refractivity contribution in [3.63, 3.8) is 0 Å². The molecule has 1 aliphatic rings. The summed E-state index contributed by atoms with van der Waals surface area (Å²) in [5.41, 5.74) is -0.545. The van der Waals surface area contributed by atoms with E-state index in [0.717, 1.165) is 12.1 Å². The molecule has 0 heterocycles. The van der Waals surface area contributed by atoms with Crippen LogP contribution in [0.25, 0.3) is 0 Å². The van der Waals surface area contributed by atoms with Gasteiger partial charge in [-0.2, -0.15) is 0 Å². The number of carboxylic acid groups (broad SMARTS) is 1. The van der Waals surface area contributed by atoms with Crippen molar-refractivity contribution >= 4 is 5.97 Å². The number of halogens is 2. The summed E-state index contributed by atoms with van der Waals surface area (Å²) in [6.45, 7) is 1.48. The van der Waals surface area contributed by atoms with E-state index in [2.05, 4.69) is 0 Å². The Morgan fingerprint density at radius 3 is 2.47 bits per heavy atom. The second kappa shape index (κ2) is 3.02. The van der Waals surface area contributed by atoms with E-state index < -0.39 is 23.0 Å². The van der Waals surface area contributed by atoms with Gasteiger partial charge in [-0.05, 0) is 37.0 Å². The molecule has 0 aliphatic heterocycles. The number of hydrogen-bond acceptors (Lipinski definition) is 1. The van der Waals surface area contributed by atoms with Crippen molar-refractivity contribution in [3.05, 3.63) is 34.9 Å². The van der Waals surface area contributed by atoms with Crippen molar-refractivity contribution in [2.45, 2.75) is 25.2 Å². The molecule has 1 aliphatic carbocycles. The molecule has 1 saturated carbocycles. The Balaban J connectivity index is 2.58. The molecule has 0 unspecified atom stereocenters. The van der Waals surface area contributed by atoms with Crippen molar-refractivity contribution in [2.24, 2.45) is 0 Å². The molecular formula is C11H10F2O2. The first kappa shape index (κ1) is 10.1. The van der Waals surface area contributed by atoms with Gasteiger partial charge in [-0.1, -0.05) is 0 Å². The second-order valence-electron chi connectivity index (χ2n) is 3.95. The molecule has 0 saturated heterocycles. The minimum Gasteiger partial charge on any atom is -0.481 e. The van der Waals surface area contributed by atoms with Gasteiger partial charge in [0.15, 0.2) is 0 Å². The van der Waals surface area contributed by atoms with Gasteiger partial charge in [0.2, 0.25) is 0 Å². The van der Waals surface area contributed by atoms with Crippen molar-refractivity contribution in [2.75, 3.05) is 0 Å². The number of rotatable bonds is 2. The third-order valence-electron chi connectivity index (χ3n) is 2.98. The van der Waals surface area contributed by atoms with Crippen LogP contribution in [0.3, 0.4) is 0 Å². The third kappa shape index (κ3) is 1.40. The topological polar surface area (TPSA) is 37.3 Å². The van der Waals surface area contributed by atoms with Crippen molar-refractivity contribution in [1.29, 1.82) is 0 Å². The van der Waals surface area contributed by atoms with Crippen LogP contribution in [0.1, 0.15) is 24.0 Å². The smallest absolute Gasteiger partial charge is 0.314 e. The highest BCUT2D eigenvalue weighted by molar-refractivity contribution is 5.85. The van der Waals surface area contributed by atoms with Gasteiger partial charge in [-0.3, -0.25) is 4.79 Å². The Labute approximate surface area is 85.5 Å². The van der Waals surface area contributed by atoms with Gasteiger partial charge in [-0.15, -0.1) is 0 Å². The SMILES string of the molecule is Cc1c(F)cc(F)cc1C1(C(=O)O)CC1. The number of aliphatic carboxylic acids is 1. The average Bonchev–Trinajstić information content (AvgIpc) is 2.91. The number of hydrogen-bond donors (Lipinski definition) is 1. The molecule has 80 valence electrons. The largest absolute Gasteiger partial charge is 0.481 e. The Kier molecular flexibility index (Phi) is 2.03. The van der Waals surface area contributed by atoms with Crippen molar-refractivity contribution in [3.8, 4) is 0 Å². The maximum absolute atomic E-state index is 13.2. The average molecular weight is 212 g/mol. The molecule has 0 aromatic heterocycles. The minimum absolute atomic E-state index is 0.233. The summed E-state index contributed by atoms with van der Waals surface area (Å²) in [5, 5.41) is 9.02. The summed E-state index contributed by atoms with van der Waals surface area (Å²) in [4.78, 5) is 11.0. The zero-order valence-electron chi connectivity index (χ0n) is 8.18. The first-order chi connectivity index (χ1) is 6.97. The van der Waals surface area contributed by atoms with Gasteiger partial charge in [-0.25, -0.2) is 8.78 Å². The van der Waals surface area contributed by atoms with Crippen LogP contribution in [-0.2, 0) is 10.2 Å². The highest BCUT2D eigenvalue weighted by Crippen LogP contribution is 2.49. The predicted octanol–water partition coefficient (Wildman–Crippen LogP) is 2.39. The first-order valence-electron chi connectivity index (χ1n) is 4.67. The van der Waals surface area contributed by atoms with Gasteiger partial charge < -0.3 is 5.11 Å². The van der Waals surface area contributed by atoms with Crippen LogP contribution >= 0.6 is 0 Å². The third-order valence-corrected chi connectivity index (χ3v) is 2.98. The number of carboxylic acids is 1. The van der Waals surface area contributed by atoms with Crippen LogP contribution in [0.2, 0.25) is 0 Å². The molecule has 0 atom stereocenters. The van der Waals surface area contributed by atoms with E-state index >= 15 is 0 Å². The second-order valence-corrected chi connectivity index (χ2v) is 3.95. The lowest BCUT2D eigenvalue weighted by molar-refractivity contribution is -0.140. The van der Waals surface area contributed by atoms with Crippen molar-refractivity contribution in [1.82, 2.24) is 0 Å². The zero-order valence-corrected chi connectivity index (χ0v) is 8.18. The summed E-state index contributed by atoms with van der Waals surface area (Å²) in [6, 6.07) is 1.90. The molecule has 2 nitrogen and oxygen atoms in total.